The molecule has 3 rings (SSSR count). The number of likely N-dealkylation sites (tertiary alicyclic amines) is 1. The molecule has 5 nitrogen and oxygen atoms in total. The van der Waals surface area contributed by atoms with Gasteiger partial charge in [-0.3, -0.25) is 9.78 Å². The molecule has 1 atom stereocenters. The number of carbonyl (C=O) groups is 1. The van der Waals surface area contributed by atoms with E-state index < -0.39 is 0 Å². The summed E-state index contributed by atoms with van der Waals surface area (Å²) in [4.78, 5) is 23.0. The van der Waals surface area contributed by atoms with Gasteiger partial charge in [-0.15, -0.1) is 0 Å². The highest BCUT2D eigenvalue weighted by Gasteiger charge is 2.27. The summed E-state index contributed by atoms with van der Waals surface area (Å²) in [6.45, 7) is 2.48. The molecule has 2 aromatic heterocycles. The molecule has 1 fully saturated rings. The average molecular weight is 344 g/mol. The molecule has 0 N–H and O–H groups in total. The molecule has 0 aliphatic carbocycles. The zero-order valence-corrected chi connectivity index (χ0v) is 14.9. The molecule has 24 heavy (non-hydrogen) atoms. The Balaban J connectivity index is 1.68. The summed E-state index contributed by atoms with van der Waals surface area (Å²) in [5, 5.41) is 0. The highest BCUT2D eigenvalue weighted by molar-refractivity contribution is 7.98. The molecular formula is C18H24N4OS. The van der Waals surface area contributed by atoms with Gasteiger partial charge in [0.15, 0.2) is 0 Å². The van der Waals surface area contributed by atoms with Gasteiger partial charge in [0.05, 0.1) is 0 Å². The van der Waals surface area contributed by atoms with Gasteiger partial charge in [0.25, 0.3) is 0 Å². The minimum Gasteiger partial charge on any atom is -0.342 e. The molecule has 1 saturated heterocycles. The third-order valence-corrected chi connectivity index (χ3v) is 5.12. The first-order valence-electron chi connectivity index (χ1n) is 8.44. The van der Waals surface area contributed by atoms with Gasteiger partial charge < -0.3 is 9.47 Å². The van der Waals surface area contributed by atoms with Crippen LogP contribution < -0.4 is 0 Å². The number of nitrogens with zero attached hydrogens (tertiary/aromatic N) is 4. The largest absolute Gasteiger partial charge is 0.342 e. The van der Waals surface area contributed by atoms with E-state index >= 15 is 0 Å². The van der Waals surface area contributed by atoms with Crippen LogP contribution in [0.5, 0.6) is 0 Å². The Morgan fingerprint density at radius 1 is 1.33 bits per heavy atom. The van der Waals surface area contributed by atoms with Gasteiger partial charge in [0.1, 0.15) is 5.82 Å². The van der Waals surface area contributed by atoms with Crippen molar-refractivity contribution in [3.05, 3.63) is 48.3 Å². The Morgan fingerprint density at radius 2 is 2.17 bits per heavy atom. The van der Waals surface area contributed by atoms with Crippen molar-refractivity contribution in [3.63, 3.8) is 0 Å². The molecule has 0 bridgehead atoms. The van der Waals surface area contributed by atoms with Crippen molar-refractivity contribution in [1.29, 1.82) is 0 Å². The van der Waals surface area contributed by atoms with Crippen LogP contribution in [0.2, 0.25) is 0 Å². The van der Waals surface area contributed by atoms with Gasteiger partial charge >= 0.3 is 0 Å². The molecule has 0 radical (unpaired) electrons. The summed E-state index contributed by atoms with van der Waals surface area (Å²) in [6.07, 6.45) is 12.4. The molecule has 1 aliphatic heterocycles. The number of amides is 1. The van der Waals surface area contributed by atoms with Crippen molar-refractivity contribution in [1.82, 2.24) is 19.4 Å². The number of aromatic nitrogens is 3. The van der Waals surface area contributed by atoms with Crippen LogP contribution in [0.1, 0.15) is 36.6 Å². The third kappa shape index (κ3) is 4.17. The maximum atomic E-state index is 12.3. The first-order valence-corrected chi connectivity index (χ1v) is 9.84. The highest BCUT2D eigenvalue weighted by atomic mass is 32.2. The maximum absolute atomic E-state index is 12.3. The summed E-state index contributed by atoms with van der Waals surface area (Å²) >= 11 is 1.73. The predicted molar refractivity (Wildman–Crippen MR) is 97.1 cm³/mol. The fourth-order valence-corrected chi connectivity index (χ4v) is 3.64. The Kier molecular flexibility index (Phi) is 5.91. The molecule has 1 unspecified atom stereocenters. The Bertz CT molecular complexity index is 658. The van der Waals surface area contributed by atoms with Crippen molar-refractivity contribution >= 4 is 17.7 Å². The second kappa shape index (κ2) is 8.33. The number of imidazole rings is 1. The summed E-state index contributed by atoms with van der Waals surface area (Å²) in [5.74, 6) is 2.60. The summed E-state index contributed by atoms with van der Waals surface area (Å²) in [7, 11) is 0. The Labute approximate surface area is 147 Å². The first kappa shape index (κ1) is 17.0. The molecule has 1 amide bonds. The lowest BCUT2D eigenvalue weighted by Crippen LogP contribution is -2.39. The molecule has 0 saturated carbocycles. The smallest absolute Gasteiger partial charge is 0.223 e. The molecular weight excluding hydrogens is 320 g/mol. The topological polar surface area (TPSA) is 51.0 Å². The van der Waals surface area contributed by atoms with Crippen LogP contribution in [-0.2, 0) is 11.3 Å². The zero-order valence-electron chi connectivity index (χ0n) is 14.1. The average Bonchev–Trinajstić information content (AvgIpc) is 3.09. The second-order valence-electron chi connectivity index (χ2n) is 6.19. The van der Waals surface area contributed by atoms with Crippen LogP contribution in [-0.4, -0.2) is 50.4 Å². The fourth-order valence-electron chi connectivity index (χ4n) is 3.26. The van der Waals surface area contributed by atoms with E-state index in [1.807, 2.05) is 48.1 Å². The quantitative estimate of drug-likeness (QED) is 0.808. The Hall–Kier alpha value is -1.82. The van der Waals surface area contributed by atoms with Gasteiger partial charge in [0.2, 0.25) is 5.91 Å². The summed E-state index contributed by atoms with van der Waals surface area (Å²) < 4.78 is 2.20. The van der Waals surface area contributed by atoms with Crippen LogP contribution in [0.25, 0.3) is 0 Å². The van der Waals surface area contributed by atoms with E-state index in [0.29, 0.717) is 12.3 Å². The summed E-state index contributed by atoms with van der Waals surface area (Å²) in [6, 6.07) is 4.06. The normalized spacial score (nSPS) is 17.9. The van der Waals surface area contributed by atoms with Crippen molar-refractivity contribution < 1.29 is 4.79 Å². The van der Waals surface area contributed by atoms with E-state index in [4.69, 9.17) is 0 Å². The van der Waals surface area contributed by atoms with Gasteiger partial charge in [-0.25, -0.2) is 4.98 Å². The number of thioether (sulfide) groups is 1. The first-order chi connectivity index (χ1) is 11.8. The molecule has 6 heteroatoms. The number of hydrogen-bond donors (Lipinski definition) is 0. The Morgan fingerprint density at radius 3 is 2.96 bits per heavy atom. The van der Waals surface area contributed by atoms with E-state index in [2.05, 4.69) is 14.5 Å². The molecule has 0 spiro atoms. The van der Waals surface area contributed by atoms with Gasteiger partial charge in [-0.2, -0.15) is 11.8 Å². The van der Waals surface area contributed by atoms with E-state index in [1.54, 1.807) is 11.8 Å². The lowest BCUT2D eigenvalue weighted by Gasteiger charge is -2.32. The van der Waals surface area contributed by atoms with Crippen molar-refractivity contribution in [2.75, 3.05) is 25.1 Å². The maximum Gasteiger partial charge on any atom is 0.223 e. The van der Waals surface area contributed by atoms with Crippen LogP contribution >= 0.6 is 11.8 Å². The number of hydrogen-bond acceptors (Lipinski definition) is 4. The minimum absolute atomic E-state index is 0.279. The van der Waals surface area contributed by atoms with Crippen LogP contribution in [0.15, 0.2) is 36.9 Å². The fraction of sp³-hybridized carbons (Fsp3) is 0.500. The summed E-state index contributed by atoms with van der Waals surface area (Å²) in [5.41, 5.74) is 1.22. The van der Waals surface area contributed by atoms with Gasteiger partial charge in [-0.1, -0.05) is 0 Å². The zero-order chi connectivity index (χ0) is 16.8. The van der Waals surface area contributed by atoms with E-state index in [-0.39, 0.29) is 5.91 Å². The lowest BCUT2D eigenvalue weighted by molar-refractivity contribution is -0.132. The number of rotatable bonds is 6. The SMILES string of the molecule is CSCCC(=O)N1CCCC(c2nccn2Cc2ccncc2)C1. The number of carbonyl (C=O) groups excluding carboxylic acids is 1. The number of pyridine rings is 1. The van der Waals surface area contributed by atoms with Crippen LogP contribution in [0.4, 0.5) is 0 Å². The highest BCUT2D eigenvalue weighted by Crippen LogP contribution is 2.26. The van der Waals surface area contributed by atoms with Crippen molar-refractivity contribution in [2.24, 2.45) is 0 Å². The molecule has 1 aliphatic rings. The standard InChI is InChI=1S/C18H24N4OS/c1-24-12-6-17(23)21-10-2-3-16(14-21)18-20-9-11-22(18)13-15-4-7-19-8-5-15/h4-5,7-9,11,16H,2-3,6,10,12-14H2,1H3. The van der Waals surface area contributed by atoms with Crippen molar-refractivity contribution in [2.45, 2.75) is 31.7 Å². The van der Waals surface area contributed by atoms with E-state index in [9.17, 15) is 4.79 Å². The lowest BCUT2D eigenvalue weighted by atomic mass is 9.96. The second-order valence-corrected chi connectivity index (χ2v) is 7.18. The minimum atomic E-state index is 0.279. The third-order valence-electron chi connectivity index (χ3n) is 4.51. The number of piperidine rings is 1. The van der Waals surface area contributed by atoms with E-state index in [1.165, 1.54) is 5.56 Å². The van der Waals surface area contributed by atoms with Gasteiger partial charge in [-0.05, 0) is 36.8 Å². The molecule has 2 aromatic rings. The predicted octanol–water partition coefficient (Wildman–Crippen LogP) is 2.79. The molecule has 128 valence electrons. The van der Waals surface area contributed by atoms with Crippen LogP contribution in [0.3, 0.4) is 0 Å². The van der Waals surface area contributed by atoms with Crippen LogP contribution in [0, 0.1) is 0 Å². The van der Waals surface area contributed by atoms with E-state index in [0.717, 1.165) is 44.1 Å². The molecule has 3 heterocycles. The monoisotopic (exact) mass is 344 g/mol. The molecule has 0 aromatic carbocycles. The van der Waals surface area contributed by atoms with Gasteiger partial charge in [0, 0.05) is 62.5 Å². The van der Waals surface area contributed by atoms with Crippen molar-refractivity contribution in [3.8, 4) is 0 Å².